The lowest BCUT2D eigenvalue weighted by Gasteiger charge is -2.38. The Kier molecular flexibility index (Phi) is 7.44. The van der Waals surface area contributed by atoms with E-state index in [0.29, 0.717) is 25.9 Å². The predicted octanol–water partition coefficient (Wildman–Crippen LogP) is 0.384. The summed E-state index contributed by atoms with van der Waals surface area (Å²) < 4.78 is 37.8. The van der Waals surface area contributed by atoms with E-state index in [1.165, 1.54) is 12.1 Å². The van der Waals surface area contributed by atoms with Gasteiger partial charge in [-0.05, 0) is 49.9 Å². The van der Waals surface area contributed by atoms with Gasteiger partial charge in [0.1, 0.15) is 5.82 Å². The number of benzene rings is 1. The summed E-state index contributed by atoms with van der Waals surface area (Å²) in [6, 6.07) is 6.76. The van der Waals surface area contributed by atoms with Gasteiger partial charge in [0.05, 0.1) is 18.2 Å². The van der Waals surface area contributed by atoms with E-state index in [1.54, 1.807) is 4.90 Å². The molecule has 4 rings (SSSR count). The zero-order chi connectivity index (χ0) is 24.3. The number of piperidine rings is 1. The second-order valence-electron chi connectivity index (χ2n) is 9.72. The van der Waals surface area contributed by atoms with Crippen molar-refractivity contribution in [1.29, 1.82) is 0 Å². The number of carbonyl (C=O) groups is 2. The van der Waals surface area contributed by atoms with Gasteiger partial charge in [0, 0.05) is 57.5 Å². The molecule has 2 amide bonds. The number of sulfonamides is 1. The molecule has 3 aliphatic heterocycles. The molecule has 3 aliphatic rings. The van der Waals surface area contributed by atoms with Gasteiger partial charge in [-0.1, -0.05) is 0 Å². The molecule has 0 saturated carbocycles. The SMILES string of the molecule is CS(=O)(=O)NCC(=O)N1CCC2(CC1)CC(CCN1CCN(c3ccc(F)cc3)CC1)NC2=O. The zero-order valence-corrected chi connectivity index (χ0v) is 20.4. The van der Waals surface area contributed by atoms with Crippen molar-refractivity contribution >= 4 is 27.5 Å². The van der Waals surface area contributed by atoms with Crippen LogP contribution in [0.3, 0.4) is 0 Å². The highest BCUT2D eigenvalue weighted by Gasteiger charge is 2.48. The molecule has 34 heavy (non-hydrogen) atoms. The first kappa shape index (κ1) is 24.9. The van der Waals surface area contributed by atoms with Crippen LogP contribution in [0.2, 0.25) is 0 Å². The number of carbonyl (C=O) groups excluding carboxylic acids is 2. The number of hydrogen-bond acceptors (Lipinski definition) is 6. The number of halogens is 1. The molecule has 3 fully saturated rings. The van der Waals surface area contributed by atoms with Crippen molar-refractivity contribution in [2.75, 3.05) is 63.5 Å². The van der Waals surface area contributed by atoms with Crippen molar-refractivity contribution in [2.24, 2.45) is 5.41 Å². The molecule has 3 saturated heterocycles. The van der Waals surface area contributed by atoms with Crippen molar-refractivity contribution in [3.63, 3.8) is 0 Å². The molecule has 2 N–H and O–H groups in total. The standard InChI is InChI=1S/C23H34FN5O4S/c1-34(32,33)25-17-21(30)29-10-7-23(8-11-29)16-19(26-22(23)31)6-9-27-12-14-28(15-13-27)20-4-2-18(24)3-5-20/h2-5,19,25H,6-17H2,1H3,(H,26,31). The lowest BCUT2D eigenvalue weighted by molar-refractivity contribution is -0.137. The molecule has 0 aliphatic carbocycles. The zero-order valence-electron chi connectivity index (χ0n) is 19.6. The number of nitrogens with one attached hydrogen (secondary N) is 2. The maximum Gasteiger partial charge on any atom is 0.237 e. The Balaban J connectivity index is 1.19. The van der Waals surface area contributed by atoms with E-state index in [2.05, 4.69) is 19.8 Å². The Morgan fingerprint density at radius 1 is 1.12 bits per heavy atom. The summed E-state index contributed by atoms with van der Waals surface area (Å²) in [6.07, 6.45) is 3.92. The quantitative estimate of drug-likeness (QED) is 0.567. The van der Waals surface area contributed by atoms with Crippen LogP contribution in [0.1, 0.15) is 25.7 Å². The average molecular weight is 496 g/mol. The summed E-state index contributed by atoms with van der Waals surface area (Å²) in [5.74, 6) is -0.394. The van der Waals surface area contributed by atoms with Crippen LogP contribution < -0.4 is 14.9 Å². The van der Waals surface area contributed by atoms with Gasteiger partial charge in [0.2, 0.25) is 21.8 Å². The van der Waals surface area contributed by atoms with E-state index in [0.717, 1.165) is 57.5 Å². The molecule has 1 aromatic rings. The van der Waals surface area contributed by atoms with Crippen LogP contribution in [0.15, 0.2) is 24.3 Å². The number of anilines is 1. The van der Waals surface area contributed by atoms with E-state index in [9.17, 15) is 22.4 Å². The Bertz CT molecular complexity index is 987. The maximum absolute atomic E-state index is 13.2. The summed E-state index contributed by atoms with van der Waals surface area (Å²) >= 11 is 0. The lowest BCUT2D eigenvalue weighted by atomic mass is 9.75. The Morgan fingerprint density at radius 2 is 1.76 bits per heavy atom. The van der Waals surface area contributed by atoms with Crippen molar-refractivity contribution in [1.82, 2.24) is 19.8 Å². The molecule has 188 valence electrons. The van der Waals surface area contributed by atoms with Crippen LogP contribution in [-0.4, -0.2) is 94.7 Å². The Morgan fingerprint density at radius 3 is 2.38 bits per heavy atom. The van der Waals surface area contributed by atoms with Gasteiger partial charge in [-0.3, -0.25) is 14.5 Å². The highest BCUT2D eigenvalue weighted by Crippen LogP contribution is 2.41. The van der Waals surface area contributed by atoms with Crippen LogP contribution in [0.5, 0.6) is 0 Å². The molecule has 0 radical (unpaired) electrons. The second-order valence-corrected chi connectivity index (χ2v) is 11.6. The third-order valence-corrected chi connectivity index (χ3v) is 8.04. The summed E-state index contributed by atoms with van der Waals surface area (Å²) in [5.41, 5.74) is 0.621. The molecule has 1 aromatic carbocycles. The van der Waals surface area contributed by atoms with Crippen molar-refractivity contribution in [3.05, 3.63) is 30.1 Å². The average Bonchev–Trinajstić information content (AvgIpc) is 3.11. The Labute approximate surface area is 200 Å². The van der Waals surface area contributed by atoms with Gasteiger partial charge in [0.25, 0.3) is 0 Å². The predicted molar refractivity (Wildman–Crippen MR) is 127 cm³/mol. The first-order valence-electron chi connectivity index (χ1n) is 11.9. The number of likely N-dealkylation sites (tertiary alicyclic amines) is 1. The summed E-state index contributed by atoms with van der Waals surface area (Å²) in [4.78, 5) is 31.4. The summed E-state index contributed by atoms with van der Waals surface area (Å²) in [7, 11) is -3.41. The molecule has 0 bridgehead atoms. The molecule has 11 heteroatoms. The van der Waals surface area contributed by atoms with Crippen molar-refractivity contribution < 1.29 is 22.4 Å². The second kappa shape index (κ2) is 10.2. The van der Waals surface area contributed by atoms with Gasteiger partial charge in [-0.25, -0.2) is 17.5 Å². The third kappa shape index (κ3) is 6.05. The van der Waals surface area contributed by atoms with E-state index < -0.39 is 15.4 Å². The molecule has 1 spiro atoms. The largest absolute Gasteiger partial charge is 0.369 e. The van der Waals surface area contributed by atoms with Crippen LogP contribution in [0.4, 0.5) is 10.1 Å². The van der Waals surface area contributed by atoms with Crippen molar-refractivity contribution in [3.8, 4) is 0 Å². The molecule has 3 heterocycles. The fourth-order valence-electron chi connectivity index (χ4n) is 5.27. The molecular weight excluding hydrogens is 461 g/mol. The minimum atomic E-state index is -3.41. The highest BCUT2D eigenvalue weighted by molar-refractivity contribution is 7.88. The summed E-state index contributed by atoms with van der Waals surface area (Å²) in [6.45, 7) is 5.26. The van der Waals surface area contributed by atoms with Crippen LogP contribution in [-0.2, 0) is 19.6 Å². The normalized spacial score (nSPS) is 23.4. The van der Waals surface area contributed by atoms with Gasteiger partial charge in [0.15, 0.2) is 0 Å². The molecule has 1 unspecified atom stereocenters. The Hall–Kier alpha value is -2.24. The molecule has 9 nitrogen and oxygen atoms in total. The highest BCUT2D eigenvalue weighted by atomic mass is 32.2. The van der Waals surface area contributed by atoms with Gasteiger partial charge in [-0.15, -0.1) is 0 Å². The minimum absolute atomic E-state index is 0.0833. The van der Waals surface area contributed by atoms with E-state index in [1.807, 2.05) is 12.1 Å². The van der Waals surface area contributed by atoms with Gasteiger partial charge < -0.3 is 15.1 Å². The third-order valence-electron chi connectivity index (χ3n) is 7.37. The van der Waals surface area contributed by atoms with E-state index in [4.69, 9.17) is 0 Å². The number of piperazine rings is 1. The monoisotopic (exact) mass is 495 g/mol. The fraction of sp³-hybridized carbons (Fsp3) is 0.652. The minimum Gasteiger partial charge on any atom is -0.369 e. The van der Waals surface area contributed by atoms with Gasteiger partial charge >= 0.3 is 0 Å². The number of hydrogen-bond donors (Lipinski definition) is 2. The first-order chi connectivity index (χ1) is 16.1. The maximum atomic E-state index is 13.2. The molecule has 1 atom stereocenters. The topological polar surface area (TPSA) is 102 Å². The molecule has 0 aromatic heterocycles. The lowest BCUT2D eigenvalue weighted by Crippen LogP contribution is -2.48. The first-order valence-corrected chi connectivity index (χ1v) is 13.8. The molecular formula is C23H34FN5O4S. The van der Waals surface area contributed by atoms with E-state index >= 15 is 0 Å². The van der Waals surface area contributed by atoms with Crippen molar-refractivity contribution in [2.45, 2.75) is 31.7 Å². The smallest absolute Gasteiger partial charge is 0.237 e. The summed E-state index contributed by atoms with van der Waals surface area (Å²) in [5, 5.41) is 3.18. The fourth-order valence-corrected chi connectivity index (χ4v) is 5.65. The van der Waals surface area contributed by atoms with E-state index in [-0.39, 0.29) is 30.2 Å². The number of nitrogens with zero attached hydrogens (tertiary/aromatic N) is 3. The van der Waals surface area contributed by atoms with Crippen LogP contribution in [0.25, 0.3) is 0 Å². The van der Waals surface area contributed by atoms with Gasteiger partial charge in [-0.2, -0.15) is 0 Å². The van der Waals surface area contributed by atoms with Crippen LogP contribution in [0, 0.1) is 11.2 Å². The number of amides is 2. The van der Waals surface area contributed by atoms with Crippen LogP contribution >= 0.6 is 0 Å². The number of rotatable bonds is 7.